The maximum Gasteiger partial charge on any atom is 0.355 e. The topological polar surface area (TPSA) is 68.6 Å². The molecule has 1 aromatic rings. The number of hydrogen-bond donors (Lipinski definition) is 0. The second kappa shape index (κ2) is 8.72. The van der Waals surface area contributed by atoms with Crippen molar-refractivity contribution in [2.75, 3.05) is 13.2 Å². The molecule has 0 saturated heterocycles. The van der Waals surface area contributed by atoms with Crippen LogP contribution in [0.2, 0.25) is 0 Å². The molecule has 1 atom stereocenters. The molecule has 0 spiro atoms. The van der Waals surface area contributed by atoms with E-state index in [0.717, 1.165) is 25.0 Å². The summed E-state index contributed by atoms with van der Waals surface area (Å²) >= 11 is 0. The Morgan fingerprint density at radius 3 is 2.26 bits per heavy atom. The first-order chi connectivity index (χ1) is 12.8. The highest BCUT2D eigenvalue weighted by molar-refractivity contribution is 6.06. The van der Waals surface area contributed by atoms with E-state index in [0.29, 0.717) is 29.9 Å². The molecular formula is C21H32N2O4. The zero-order valence-corrected chi connectivity index (χ0v) is 17.4. The summed E-state index contributed by atoms with van der Waals surface area (Å²) in [6.07, 6.45) is 2.90. The van der Waals surface area contributed by atoms with E-state index < -0.39 is 12.0 Å². The third-order valence-electron chi connectivity index (χ3n) is 5.72. The van der Waals surface area contributed by atoms with Crippen LogP contribution >= 0.6 is 0 Å². The van der Waals surface area contributed by atoms with Gasteiger partial charge in [-0.25, -0.2) is 4.79 Å². The molecule has 2 rings (SSSR count). The fourth-order valence-electron chi connectivity index (χ4n) is 3.98. The molecule has 1 unspecified atom stereocenters. The molecule has 1 amide bonds. The summed E-state index contributed by atoms with van der Waals surface area (Å²) < 4.78 is 7.02. The van der Waals surface area contributed by atoms with E-state index in [2.05, 4.69) is 0 Å². The molecule has 150 valence electrons. The Morgan fingerprint density at radius 2 is 1.81 bits per heavy atom. The quantitative estimate of drug-likeness (QED) is 0.514. The molecule has 1 saturated carbocycles. The SMILES string of the molecule is CCOC(=O)c1c(C)c(C(=O)C(C)N(CC)C(=O)C2CCC2)c(C)n1CC. The van der Waals surface area contributed by atoms with Crippen LogP contribution in [0, 0.1) is 19.8 Å². The highest BCUT2D eigenvalue weighted by Crippen LogP contribution is 2.30. The Morgan fingerprint density at radius 1 is 1.19 bits per heavy atom. The molecule has 6 nitrogen and oxygen atoms in total. The minimum Gasteiger partial charge on any atom is -0.461 e. The van der Waals surface area contributed by atoms with Crippen molar-refractivity contribution in [2.24, 2.45) is 5.92 Å². The maximum absolute atomic E-state index is 13.3. The van der Waals surface area contributed by atoms with Crippen LogP contribution in [0.5, 0.6) is 0 Å². The second-order valence-corrected chi connectivity index (χ2v) is 7.19. The highest BCUT2D eigenvalue weighted by atomic mass is 16.5. The van der Waals surface area contributed by atoms with Crippen LogP contribution < -0.4 is 0 Å². The molecule has 1 heterocycles. The van der Waals surface area contributed by atoms with Gasteiger partial charge in [0.1, 0.15) is 5.69 Å². The molecule has 27 heavy (non-hydrogen) atoms. The van der Waals surface area contributed by atoms with Gasteiger partial charge in [0.05, 0.1) is 12.6 Å². The number of Topliss-reactive ketones (excluding diaryl/α,β-unsaturated/α-hetero) is 1. The fraction of sp³-hybridized carbons (Fsp3) is 0.667. The summed E-state index contributed by atoms with van der Waals surface area (Å²) in [5.74, 6) is -0.403. The molecule has 0 aliphatic heterocycles. The maximum atomic E-state index is 13.3. The molecular weight excluding hydrogens is 344 g/mol. The average Bonchev–Trinajstić information content (AvgIpc) is 2.83. The molecule has 0 radical (unpaired) electrons. The first-order valence-corrected chi connectivity index (χ1v) is 10.0. The van der Waals surface area contributed by atoms with Crippen LogP contribution in [-0.4, -0.2) is 46.3 Å². The number of likely N-dealkylation sites (N-methyl/N-ethyl adjacent to an activating group) is 1. The van der Waals surface area contributed by atoms with Crippen LogP contribution in [0.3, 0.4) is 0 Å². The van der Waals surface area contributed by atoms with Crippen molar-refractivity contribution in [1.29, 1.82) is 0 Å². The van der Waals surface area contributed by atoms with Gasteiger partial charge in [0.25, 0.3) is 0 Å². The summed E-state index contributed by atoms with van der Waals surface area (Å²) in [4.78, 5) is 40.1. The van der Waals surface area contributed by atoms with Crippen molar-refractivity contribution >= 4 is 17.7 Å². The van der Waals surface area contributed by atoms with E-state index in [4.69, 9.17) is 4.74 Å². The van der Waals surface area contributed by atoms with Crippen molar-refractivity contribution in [1.82, 2.24) is 9.47 Å². The predicted molar refractivity (Wildman–Crippen MR) is 104 cm³/mol. The lowest BCUT2D eigenvalue weighted by atomic mass is 9.84. The summed E-state index contributed by atoms with van der Waals surface area (Å²) in [6, 6.07) is -0.553. The lowest BCUT2D eigenvalue weighted by Crippen LogP contribution is -2.47. The Bertz CT molecular complexity index is 731. The van der Waals surface area contributed by atoms with Gasteiger partial charge >= 0.3 is 5.97 Å². The van der Waals surface area contributed by atoms with Crippen LogP contribution in [0.1, 0.15) is 79.1 Å². The van der Waals surface area contributed by atoms with Crippen LogP contribution in [0.15, 0.2) is 0 Å². The van der Waals surface area contributed by atoms with Crippen molar-refractivity contribution in [3.8, 4) is 0 Å². The normalized spacial score (nSPS) is 15.2. The lowest BCUT2D eigenvalue weighted by Gasteiger charge is -2.34. The van der Waals surface area contributed by atoms with Crippen LogP contribution in [-0.2, 0) is 16.1 Å². The number of aromatic nitrogens is 1. The zero-order valence-electron chi connectivity index (χ0n) is 17.4. The van der Waals surface area contributed by atoms with E-state index in [1.54, 1.807) is 25.7 Å². The fourth-order valence-corrected chi connectivity index (χ4v) is 3.98. The molecule has 1 fully saturated rings. The van der Waals surface area contributed by atoms with Crippen molar-refractivity contribution in [3.05, 3.63) is 22.5 Å². The monoisotopic (exact) mass is 376 g/mol. The number of amides is 1. The lowest BCUT2D eigenvalue weighted by molar-refractivity contribution is -0.139. The number of hydrogen-bond acceptors (Lipinski definition) is 4. The Balaban J connectivity index is 2.39. The van der Waals surface area contributed by atoms with Gasteiger partial charge in [0.15, 0.2) is 5.78 Å². The molecule has 6 heteroatoms. The van der Waals surface area contributed by atoms with E-state index in [-0.39, 0.29) is 24.2 Å². The Kier molecular flexibility index (Phi) is 6.84. The van der Waals surface area contributed by atoms with Crippen LogP contribution in [0.25, 0.3) is 0 Å². The van der Waals surface area contributed by atoms with Crippen molar-refractivity contribution in [2.45, 2.75) is 73.4 Å². The minimum atomic E-state index is -0.553. The van der Waals surface area contributed by atoms with E-state index in [9.17, 15) is 14.4 Å². The van der Waals surface area contributed by atoms with Gasteiger partial charge in [-0.15, -0.1) is 0 Å². The first-order valence-electron chi connectivity index (χ1n) is 10.0. The van der Waals surface area contributed by atoms with Gasteiger partial charge in [-0.05, 0) is 59.9 Å². The predicted octanol–water partition coefficient (Wildman–Crippen LogP) is 3.52. The second-order valence-electron chi connectivity index (χ2n) is 7.19. The molecule has 1 aliphatic rings. The van der Waals surface area contributed by atoms with Gasteiger partial charge in [-0.3, -0.25) is 9.59 Å². The zero-order chi connectivity index (χ0) is 20.3. The summed E-state index contributed by atoms with van der Waals surface area (Å²) in [5.41, 5.74) is 2.35. The molecule has 1 aromatic heterocycles. The molecule has 0 bridgehead atoms. The van der Waals surface area contributed by atoms with Gasteiger partial charge < -0.3 is 14.2 Å². The highest BCUT2D eigenvalue weighted by Gasteiger charge is 2.36. The number of esters is 1. The third-order valence-corrected chi connectivity index (χ3v) is 5.72. The van der Waals surface area contributed by atoms with Gasteiger partial charge in [0, 0.05) is 30.3 Å². The Labute approximate surface area is 161 Å². The van der Waals surface area contributed by atoms with Gasteiger partial charge in [-0.1, -0.05) is 6.42 Å². The number of ether oxygens (including phenoxy) is 1. The first kappa shape index (κ1) is 21.2. The third kappa shape index (κ3) is 3.80. The molecule has 0 aromatic carbocycles. The standard InChI is InChI=1S/C21H32N2O4/c1-7-22-14(5)17(13(4)18(22)21(26)27-9-3)19(24)15(6)23(8-2)20(25)16-11-10-12-16/h15-16H,7-12H2,1-6H3. The largest absolute Gasteiger partial charge is 0.461 e. The number of carbonyl (C=O) groups is 3. The number of ketones is 1. The number of rotatable bonds is 8. The smallest absolute Gasteiger partial charge is 0.355 e. The summed E-state index contributed by atoms with van der Waals surface area (Å²) in [6.45, 7) is 12.4. The minimum absolute atomic E-state index is 0.0535. The summed E-state index contributed by atoms with van der Waals surface area (Å²) in [5, 5.41) is 0. The average molecular weight is 376 g/mol. The molecule has 1 aliphatic carbocycles. The number of nitrogens with zero attached hydrogens (tertiary/aromatic N) is 2. The van der Waals surface area contributed by atoms with Gasteiger partial charge in [-0.2, -0.15) is 0 Å². The molecule has 0 N–H and O–H groups in total. The Hall–Kier alpha value is -2.11. The van der Waals surface area contributed by atoms with Gasteiger partial charge in [0.2, 0.25) is 5.91 Å². The van der Waals surface area contributed by atoms with Crippen molar-refractivity contribution in [3.63, 3.8) is 0 Å². The van der Waals surface area contributed by atoms with E-state index in [1.165, 1.54) is 0 Å². The van der Waals surface area contributed by atoms with E-state index >= 15 is 0 Å². The van der Waals surface area contributed by atoms with Crippen LogP contribution in [0.4, 0.5) is 0 Å². The van der Waals surface area contributed by atoms with E-state index in [1.807, 2.05) is 25.3 Å². The summed E-state index contributed by atoms with van der Waals surface area (Å²) in [7, 11) is 0. The van der Waals surface area contributed by atoms with Crippen molar-refractivity contribution < 1.29 is 19.1 Å². The number of carbonyl (C=O) groups excluding carboxylic acids is 3.